The lowest BCUT2D eigenvalue weighted by molar-refractivity contribution is -0.160. The second-order valence-electron chi connectivity index (χ2n) is 4.72. The summed E-state index contributed by atoms with van der Waals surface area (Å²) >= 11 is 0. The van der Waals surface area contributed by atoms with Gasteiger partial charge in [0.25, 0.3) is 0 Å². The Kier molecular flexibility index (Phi) is 1.69. The average Bonchev–Trinajstić information content (AvgIpc) is 2.65. The number of β-amino-alcohol motifs (C(OH)–C–C–N with tert-alkyl or cyclic N) is 1. The smallest absolute Gasteiger partial charge is 0.336 e. The van der Waals surface area contributed by atoms with Crippen LogP contribution in [0.25, 0.3) is 0 Å². The number of aliphatic hydroxyl groups is 1. The maximum absolute atomic E-state index is 10.6. The average molecular weight is 185 g/mol. The Morgan fingerprint density at radius 3 is 2.46 bits per heavy atom. The molecule has 1 spiro atoms. The van der Waals surface area contributed by atoms with Gasteiger partial charge in [0, 0.05) is 19.6 Å². The van der Waals surface area contributed by atoms with Crippen LogP contribution in [0.4, 0.5) is 0 Å². The number of nitrogens with zero attached hydrogens (tertiary/aromatic N) is 1. The van der Waals surface area contributed by atoms with Crippen molar-refractivity contribution in [3.8, 4) is 0 Å². The van der Waals surface area contributed by atoms with Gasteiger partial charge >= 0.3 is 5.97 Å². The van der Waals surface area contributed by atoms with E-state index >= 15 is 0 Å². The molecule has 2 aliphatic rings. The molecule has 74 valence electrons. The van der Waals surface area contributed by atoms with E-state index in [4.69, 9.17) is 5.11 Å². The molecule has 0 aromatic heterocycles. The second kappa shape index (κ2) is 2.45. The molecule has 0 radical (unpaired) electrons. The Hall–Kier alpha value is -0.610. The van der Waals surface area contributed by atoms with Gasteiger partial charge in [-0.3, -0.25) is 4.90 Å². The zero-order valence-electron chi connectivity index (χ0n) is 7.79. The van der Waals surface area contributed by atoms with E-state index in [9.17, 15) is 9.90 Å². The summed E-state index contributed by atoms with van der Waals surface area (Å²) in [6.07, 6.45) is 2.55. The lowest BCUT2D eigenvalue weighted by atomic mass is 9.94. The van der Waals surface area contributed by atoms with Gasteiger partial charge in [-0.05, 0) is 25.2 Å². The minimum absolute atomic E-state index is 0.254. The molecular formula is C9H15NO3. The highest BCUT2D eigenvalue weighted by atomic mass is 16.4. The molecule has 2 rings (SSSR count). The van der Waals surface area contributed by atoms with Crippen LogP contribution in [-0.2, 0) is 4.79 Å². The number of rotatable bonds is 3. The molecule has 0 bridgehead atoms. The number of carboxylic acids is 1. The van der Waals surface area contributed by atoms with Crippen LogP contribution in [0.1, 0.15) is 19.8 Å². The van der Waals surface area contributed by atoms with Crippen LogP contribution in [0.2, 0.25) is 0 Å². The van der Waals surface area contributed by atoms with Crippen molar-refractivity contribution in [1.29, 1.82) is 0 Å². The first kappa shape index (κ1) is 8.97. The van der Waals surface area contributed by atoms with Crippen molar-refractivity contribution in [2.24, 2.45) is 5.41 Å². The molecular weight excluding hydrogens is 170 g/mol. The van der Waals surface area contributed by atoms with E-state index in [-0.39, 0.29) is 6.54 Å². The van der Waals surface area contributed by atoms with Gasteiger partial charge in [-0.25, -0.2) is 4.79 Å². The van der Waals surface area contributed by atoms with E-state index in [2.05, 4.69) is 0 Å². The molecule has 1 aliphatic heterocycles. The van der Waals surface area contributed by atoms with Gasteiger partial charge in [0.05, 0.1) is 0 Å². The summed E-state index contributed by atoms with van der Waals surface area (Å²) in [6.45, 7) is 3.55. The van der Waals surface area contributed by atoms with E-state index in [0.717, 1.165) is 13.1 Å². The van der Waals surface area contributed by atoms with E-state index < -0.39 is 11.6 Å². The summed E-state index contributed by atoms with van der Waals surface area (Å²) in [7, 11) is 0. The molecule has 1 saturated carbocycles. The van der Waals surface area contributed by atoms with Crippen molar-refractivity contribution in [2.45, 2.75) is 25.4 Å². The van der Waals surface area contributed by atoms with Crippen molar-refractivity contribution in [3.63, 3.8) is 0 Å². The molecule has 1 unspecified atom stereocenters. The maximum Gasteiger partial charge on any atom is 0.336 e. The van der Waals surface area contributed by atoms with Crippen molar-refractivity contribution < 1.29 is 15.0 Å². The zero-order chi connectivity index (χ0) is 9.69. The van der Waals surface area contributed by atoms with E-state index in [1.807, 2.05) is 4.90 Å². The van der Waals surface area contributed by atoms with Gasteiger partial charge in [-0.15, -0.1) is 0 Å². The minimum atomic E-state index is -1.59. The highest BCUT2D eigenvalue weighted by Crippen LogP contribution is 2.52. The fraction of sp³-hybridized carbons (Fsp3) is 0.889. The Morgan fingerprint density at radius 2 is 2.08 bits per heavy atom. The van der Waals surface area contributed by atoms with Crippen LogP contribution in [0, 0.1) is 5.41 Å². The first-order valence-electron chi connectivity index (χ1n) is 4.62. The van der Waals surface area contributed by atoms with Crippen molar-refractivity contribution in [1.82, 2.24) is 4.90 Å². The van der Waals surface area contributed by atoms with Gasteiger partial charge in [0.15, 0.2) is 5.60 Å². The number of likely N-dealkylation sites (tertiary alicyclic amines) is 1. The molecule has 1 aliphatic carbocycles. The quantitative estimate of drug-likeness (QED) is 0.645. The van der Waals surface area contributed by atoms with Crippen LogP contribution in [0.15, 0.2) is 0 Å². The van der Waals surface area contributed by atoms with Crippen LogP contribution in [0.5, 0.6) is 0 Å². The summed E-state index contributed by atoms with van der Waals surface area (Å²) < 4.78 is 0. The summed E-state index contributed by atoms with van der Waals surface area (Å²) in [4.78, 5) is 12.6. The molecule has 1 saturated heterocycles. The molecule has 2 fully saturated rings. The highest BCUT2D eigenvalue weighted by Gasteiger charge is 2.53. The maximum atomic E-state index is 10.6. The lowest BCUT2D eigenvalue weighted by Crippen LogP contribution is -2.56. The van der Waals surface area contributed by atoms with Crippen molar-refractivity contribution >= 4 is 5.97 Å². The molecule has 2 N–H and O–H groups in total. The Bertz CT molecular complexity index is 237. The minimum Gasteiger partial charge on any atom is -0.479 e. The normalized spacial score (nSPS) is 29.4. The first-order chi connectivity index (χ1) is 5.94. The van der Waals surface area contributed by atoms with Crippen molar-refractivity contribution in [3.05, 3.63) is 0 Å². The third-order valence-corrected chi connectivity index (χ3v) is 3.07. The molecule has 0 amide bonds. The molecule has 4 nitrogen and oxygen atoms in total. The van der Waals surface area contributed by atoms with Crippen LogP contribution in [0.3, 0.4) is 0 Å². The molecule has 4 heteroatoms. The third kappa shape index (κ3) is 1.56. The predicted molar refractivity (Wildman–Crippen MR) is 46.4 cm³/mol. The Balaban J connectivity index is 1.82. The number of carboxylic acid groups (broad SMARTS) is 1. The molecule has 1 atom stereocenters. The second-order valence-corrected chi connectivity index (χ2v) is 4.72. The Labute approximate surface area is 77.2 Å². The summed E-state index contributed by atoms with van der Waals surface area (Å²) in [5.41, 5.74) is -1.06. The summed E-state index contributed by atoms with van der Waals surface area (Å²) in [5.74, 6) is -1.13. The van der Waals surface area contributed by atoms with Crippen LogP contribution < -0.4 is 0 Å². The van der Waals surface area contributed by atoms with E-state index in [1.165, 1.54) is 19.8 Å². The number of carbonyl (C=O) groups is 1. The summed E-state index contributed by atoms with van der Waals surface area (Å²) in [5, 5.41) is 18.2. The van der Waals surface area contributed by atoms with Crippen molar-refractivity contribution in [2.75, 3.05) is 19.6 Å². The van der Waals surface area contributed by atoms with Gasteiger partial charge in [0.2, 0.25) is 0 Å². The number of hydrogen-bond donors (Lipinski definition) is 2. The number of hydrogen-bond acceptors (Lipinski definition) is 3. The lowest BCUT2D eigenvalue weighted by Gasteiger charge is -2.42. The highest BCUT2D eigenvalue weighted by molar-refractivity contribution is 5.76. The first-order valence-corrected chi connectivity index (χ1v) is 4.62. The SMILES string of the molecule is CC(O)(CN1CC2(CC2)C1)C(=O)O. The van der Waals surface area contributed by atoms with E-state index in [0.29, 0.717) is 5.41 Å². The predicted octanol–water partition coefficient (Wildman–Crippen LogP) is -0.0822. The van der Waals surface area contributed by atoms with Gasteiger partial charge in [0.1, 0.15) is 0 Å². The van der Waals surface area contributed by atoms with Crippen LogP contribution >= 0.6 is 0 Å². The Morgan fingerprint density at radius 1 is 1.54 bits per heavy atom. The van der Waals surface area contributed by atoms with Gasteiger partial charge < -0.3 is 10.2 Å². The monoisotopic (exact) mass is 185 g/mol. The topological polar surface area (TPSA) is 60.8 Å². The fourth-order valence-electron chi connectivity index (χ4n) is 2.01. The van der Waals surface area contributed by atoms with Crippen LogP contribution in [-0.4, -0.2) is 46.3 Å². The largest absolute Gasteiger partial charge is 0.479 e. The molecule has 13 heavy (non-hydrogen) atoms. The van der Waals surface area contributed by atoms with Gasteiger partial charge in [-0.1, -0.05) is 0 Å². The standard InChI is InChI=1S/C9H15NO3/c1-8(13,7(11)12)4-10-5-9(6-10)2-3-9/h13H,2-6H2,1H3,(H,11,12). The summed E-state index contributed by atoms with van der Waals surface area (Å²) in [6, 6.07) is 0. The number of aliphatic carboxylic acids is 1. The molecule has 0 aromatic carbocycles. The fourth-order valence-corrected chi connectivity index (χ4v) is 2.01. The molecule has 0 aromatic rings. The third-order valence-electron chi connectivity index (χ3n) is 3.07. The van der Waals surface area contributed by atoms with Gasteiger partial charge in [-0.2, -0.15) is 0 Å². The zero-order valence-corrected chi connectivity index (χ0v) is 7.79. The van der Waals surface area contributed by atoms with E-state index in [1.54, 1.807) is 0 Å². The molecule has 1 heterocycles.